The van der Waals surface area contributed by atoms with Crippen LogP contribution in [0.25, 0.3) is 0 Å². The first-order valence-corrected chi connectivity index (χ1v) is 7.41. The van der Waals surface area contributed by atoms with Crippen molar-refractivity contribution in [2.75, 3.05) is 18.9 Å². The summed E-state index contributed by atoms with van der Waals surface area (Å²) in [7, 11) is -3.43. The molecule has 1 heterocycles. The molecule has 98 valence electrons. The van der Waals surface area contributed by atoms with Crippen LogP contribution in [-0.2, 0) is 19.6 Å². The number of aliphatic carboxylic acids is 1. The quantitative estimate of drug-likeness (QED) is 0.701. The molecule has 0 spiro atoms. The van der Waals surface area contributed by atoms with Gasteiger partial charge in [-0.1, -0.05) is 0 Å². The molecule has 0 radical (unpaired) electrons. The summed E-state index contributed by atoms with van der Waals surface area (Å²) in [5.41, 5.74) is -0.858. The van der Waals surface area contributed by atoms with E-state index in [0.29, 0.717) is 19.4 Å². The number of ether oxygens (including phenoxy) is 1. The average molecular weight is 263 g/mol. The van der Waals surface area contributed by atoms with Gasteiger partial charge in [-0.25, -0.2) is 13.1 Å². The van der Waals surface area contributed by atoms with E-state index in [1.54, 1.807) is 0 Å². The summed E-state index contributed by atoms with van der Waals surface area (Å²) in [6.07, 6.45) is 2.49. The summed E-state index contributed by atoms with van der Waals surface area (Å²) in [6, 6.07) is 0. The summed E-state index contributed by atoms with van der Waals surface area (Å²) < 4.78 is 31.0. The van der Waals surface area contributed by atoms with Crippen LogP contribution in [0.3, 0.4) is 0 Å². The van der Waals surface area contributed by atoms with Crippen molar-refractivity contribution in [3.05, 3.63) is 0 Å². The molecule has 17 heavy (non-hydrogen) atoms. The van der Waals surface area contributed by atoms with Gasteiger partial charge in [-0.3, -0.25) is 4.79 Å². The predicted molar refractivity (Wildman–Crippen MR) is 60.1 cm³/mol. The van der Waals surface area contributed by atoms with Crippen LogP contribution in [0, 0.1) is 5.41 Å². The molecule has 1 aliphatic carbocycles. The molecule has 1 aliphatic heterocycles. The van der Waals surface area contributed by atoms with Crippen molar-refractivity contribution < 1.29 is 23.1 Å². The molecular formula is C10H17NO5S. The average Bonchev–Trinajstić information content (AvgIpc) is 2.89. The minimum Gasteiger partial charge on any atom is -0.481 e. The number of hydrogen-bond acceptors (Lipinski definition) is 4. The Morgan fingerprint density at radius 3 is 2.65 bits per heavy atom. The molecule has 0 bridgehead atoms. The molecule has 1 atom stereocenters. The van der Waals surface area contributed by atoms with Crippen LogP contribution >= 0.6 is 0 Å². The third-order valence-electron chi connectivity index (χ3n) is 3.37. The van der Waals surface area contributed by atoms with E-state index in [9.17, 15) is 13.2 Å². The van der Waals surface area contributed by atoms with Crippen molar-refractivity contribution in [1.29, 1.82) is 0 Å². The van der Waals surface area contributed by atoms with Crippen molar-refractivity contribution in [2.45, 2.75) is 31.8 Å². The minimum absolute atomic E-state index is 0.00259. The Kier molecular flexibility index (Phi) is 3.42. The van der Waals surface area contributed by atoms with Gasteiger partial charge in [-0.2, -0.15) is 0 Å². The van der Waals surface area contributed by atoms with Gasteiger partial charge >= 0.3 is 5.97 Å². The second-order valence-corrected chi connectivity index (χ2v) is 6.67. The van der Waals surface area contributed by atoms with Gasteiger partial charge in [0.25, 0.3) is 0 Å². The van der Waals surface area contributed by atoms with Crippen LogP contribution < -0.4 is 4.72 Å². The highest BCUT2D eigenvalue weighted by molar-refractivity contribution is 7.89. The van der Waals surface area contributed by atoms with Gasteiger partial charge in [-0.05, 0) is 25.7 Å². The largest absolute Gasteiger partial charge is 0.481 e. The standard InChI is InChI=1S/C10H17NO5S/c12-9(13)10(3-4-10)7-11-17(14,15)6-8-2-1-5-16-8/h8,11H,1-7H2,(H,12,13). The maximum absolute atomic E-state index is 11.7. The predicted octanol–water partition coefficient (Wildman–Crippen LogP) is -0.0504. The Morgan fingerprint density at radius 1 is 1.47 bits per heavy atom. The molecule has 0 amide bonds. The molecule has 2 fully saturated rings. The lowest BCUT2D eigenvalue weighted by Gasteiger charge is -2.14. The highest BCUT2D eigenvalue weighted by Crippen LogP contribution is 2.45. The lowest BCUT2D eigenvalue weighted by molar-refractivity contribution is -0.143. The third-order valence-corrected chi connectivity index (χ3v) is 4.76. The second-order valence-electron chi connectivity index (χ2n) is 4.82. The van der Waals surface area contributed by atoms with Gasteiger partial charge in [-0.15, -0.1) is 0 Å². The number of rotatable bonds is 6. The molecule has 2 rings (SSSR count). The van der Waals surface area contributed by atoms with Gasteiger partial charge < -0.3 is 9.84 Å². The van der Waals surface area contributed by atoms with Gasteiger partial charge in [0.05, 0.1) is 17.3 Å². The molecule has 1 saturated carbocycles. The van der Waals surface area contributed by atoms with Crippen molar-refractivity contribution in [3.63, 3.8) is 0 Å². The van der Waals surface area contributed by atoms with Crippen LogP contribution in [0.15, 0.2) is 0 Å². The zero-order chi connectivity index (χ0) is 12.5. The zero-order valence-electron chi connectivity index (χ0n) is 9.52. The normalized spacial score (nSPS) is 26.9. The number of carbonyl (C=O) groups is 1. The molecule has 2 N–H and O–H groups in total. The highest BCUT2D eigenvalue weighted by atomic mass is 32.2. The number of hydrogen-bond donors (Lipinski definition) is 2. The molecule has 7 heteroatoms. The summed E-state index contributed by atoms with van der Waals surface area (Å²) >= 11 is 0. The highest BCUT2D eigenvalue weighted by Gasteiger charge is 2.50. The molecular weight excluding hydrogens is 246 g/mol. The van der Waals surface area contributed by atoms with E-state index in [0.717, 1.165) is 12.8 Å². The Morgan fingerprint density at radius 2 is 2.18 bits per heavy atom. The number of sulfonamides is 1. The van der Waals surface area contributed by atoms with Gasteiger partial charge in [0.1, 0.15) is 0 Å². The minimum atomic E-state index is -3.43. The fourth-order valence-corrected chi connectivity index (χ4v) is 3.31. The SMILES string of the molecule is O=C(O)C1(CNS(=O)(=O)CC2CCCO2)CC1. The van der Waals surface area contributed by atoms with E-state index in [-0.39, 0.29) is 18.4 Å². The Hall–Kier alpha value is -0.660. The first-order chi connectivity index (χ1) is 7.94. The molecule has 1 saturated heterocycles. The fourth-order valence-electron chi connectivity index (χ4n) is 1.94. The lowest BCUT2D eigenvalue weighted by atomic mass is 10.1. The zero-order valence-corrected chi connectivity index (χ0v) is 10.3. The van der Waals surface area contributed by atoms with E-state index in [1.165, 1.54) is 0 Å². The molecule has 0 aromatic rings. The van der Waals surface area contributed by atoms with Gasteiger partial charge in [0.15, 0.2) is 0 Å². The second kappa shape index (κ2) is 4.55. The van der Waals surface area contributed by atoms with Crippen LogP contribution in [0.5, 0.6) is 0 Å². The van der Waals surface area contributed by atoms with E-state index in [1.807, 2.05) is 0 Å². The third kappa shape index (κ3) is 3.17. The lowest BCUT2D eigenvalue weighted by Crippen LogP contribution is -2.38. The van der Waals surface area contributed by atoms with Crippen molar-refractivity contribution >= 4 is 16.0 Å². The maximum Gasteiger partial charge on any atom is 0.310 e. The summed E-state index contributed by atoms with van der Waals surface area (Å²) in [4.78, 5) is 10.9. The van der Waals surface area contributed by atoms with Crippen molar-refractivity contribution in [2.24, 2.45) is 5.41 Å². The molecule has 0 aromatic carbocycles. The number of carboxylic acid groups (broad SMARTS) is 1. The van der Waals surface area contributed by atoms with Crippen LogP contribution in [0.4, 0.5) is 0 Å². The van der Waals surface area contributed by atoms with Crippen LogP contribution in [0.1, 0.15) is 25.7 Å². The smallest absolute Gasteiger partial charge is 0.310 e. The first-order valence-electron chi connectivity index (χ1n) is 5.76. The van der Waals surface area contributed by atoms with E-state index in [2.05, 4.69) is 4.72 Å². The van der Waals surface area contributed by atoms with E-state index >= 15 is 0 Å². The molecule has 6 nitrogen and oxygen atoms in total. The molecule has 2 aliphatic rings. The summed E-state index contributed by atoms with van der Waals surface area (Å²) in [6.45, 7) is 0.608. The molecule has 0 aromatic heterocycles. The topological polar surface area (TPSA) is 92.7 Å². The summed E-state index contributed by atoms with van der Waals surface area (Å²) in [5.74, 6) is -0.986. The van der Waals surface area contributed by atoms with Gasteiger partial charge in [0.2, 0.25) is 10.0 Å². The Balaban J connectivity index is 1.83. The van der Waals surface area contributed by atoms with Crippen molar-refractivity contribution in [1.82, 2.24) is 4.72 Å². The maximum atomic E-state index is 11.7. The first kappa shape index (κ1) is 12.8. The van der Waals surface area contributed by atoms with Crippen LogP contribution in [0.2, 0.25) is 0 Å². The van der Waals surface area contributed by atoms with E-state index in [4.69, 9.17) is 9.84 Å². The Bertz CT molecular complexity index is 395. The summed E-state index contributed by atoms with van der Waals surface area (Å²) in [5, 5.41) is 8.93. The van der Waals surface area contributed by atoms with Crippen molar-refractivity contribution in [3.8, 4) is 0 Å². The number of carboxylic acids is 1. The van der Waals surface area contributed by atoms with Crippen LogP contribution in [-0.4, -0.2) is 44.5 Å². The Labute approximate surface area is 100 Å². The number of nitrogens with one attached hydrogen (secondary N) is 1. The van der Waals surface area contributed by atoms with E-state index < -0.39 is 21.4 Å². The molecule has 1 unspecified atom stereocenters. The fraction of sp³-hybridized carbons (Fsp3) is 0.900. The van der Waals surface area contributed by atoms with Gasteiger partial charge in [0, 0.05) is 13.2 Å². The monoisotopic (exact) mass is 263 g/mol.